The highest BCUT2D eigenvalue weighted by atomic mass is 14.7. The Morgan fingerprint density at radius 2 is 1.56 bits per heavy atom. The van der Waals surface area contributed by atoms with E-state index in [4.69, 9.17) is 21.0 Å². The molecule has 0 saturated heterocycles. The van der Waals surface area contributed by atoms with Crippen LogP contribution in [-0.2, 0) is 0 Å². The van der Waals surface area contributed by atoms with Crippen molar-refractivity contribution in [2.75, 3.05) is 0 Å². The number of hydrogen-bond donors (Lipinski definition) is 0. The third-order valence-electron chi connectivity index (χ3n) is 2.46. The molecule has 0 amide bonds. The summed E-state index contributed by atoms with van der Waals surface area (Å²) in [6.45, 7) is 0. The second-order valence-corrected chi connectivity index (χ2v) is 3.36. The van der Waals surface area contributed by atoms with Gasteiger partial charge in [0, 0.05) is 5.39 Å². The highest BCUT2D eigenvalue weighted by Crippen LogP contribution is 2.25. The van der Waals surface area contributed by atoms with Crippen molar-refractivity contribution >= 4 is 10.9 Å². The largest absolute Gasteiger partial charge is 0.236 e. The van der Waals surface area contributed by atoms with Gasteiger partial charge in [-0.2, -0.15) is 21.0 Å². The minimum atomic E-state index is -0.100. The monoisotopic (exact) mass is 229 g/mol. The summed E-state index contributed by atoms with van der Waals surface area (Å²) in [6.07, 6.45) is 0. The maximum absolute atomic E-state index is 9.14. The average molecular weight is 229 g/mol. The first-order valence-electron chi connectivity index (χ1n) is 4.84. The summed E-state index contributed by atoms with van der Waals surface area (Å²) in [4.78, 5) is 4.00. The first kappa shape index (κ1) is 11.1. The molecule has 0 spiro atoms. The van der Waals surface area contributed by atoms with Crippen LogP contribution in [0.3, 0.4) is 0 Å². The maximum Gasteiger partial charge on any atom is 0.160 e. The lowest BCUT2D eigenvalue weighted by molar-refractivity contribution is 1.28. The standard InChI is InChI=1S/C13H3N5/c14-4-8-2-1-3-11-13(8)10(6-16)9(5-15)12(7-17)18-11/h1-3H. The number of pyridine rings is 1. The smallest absolute Gasteiger partial charge is 0.160 e. The first-order chi connectivity index (χ1) is 8.76. The second-order valence-electron chi connectivity index (χ2n) is 3.36. The summed E-state index contributed by atoms with van der Waals surface area (Å²) in [5.41, 5.74) is 0.460. The van der Waals surface area contributed by atoms with Crippen molar-refractivity contribution in [2.24, 2.45) is 0 Å². The fourth-order valence-electron chi connectivity index (χ4n) is 1.71. The van der Waals surface area contributed by atoms with E-state index in [1.165, 1.54) is 6.07 Å². The lowest BCUT2D eigenvalue weighted by Crippen LogP contribution is -1.98. The summed E-state index contributed by atoms with van der Waals surface area (Å²) >= 11 is 0. The zero-order chi connectivity index (χ0) is 13.1. The Hall–Kier alpha value is -3.41. The van der Waals surface area contributed by atoms with E-state index in [0.717, 1.165) is 0 Å². The molecule has 5 nitrogen and oxygen atoms in total. The summed E-state index contributed by atoms with van der Waals surface area (Å²) in [7, 11) is 0. The van der Waals surface area contributed by atoms with Crippen LogP contribution in [0.1, 0.15) is 22.4 Å². The van der Waals surface area contributed by atoms with Gasteiger partial charge < -0.3 is 0 Å². The Labute approximate surface area is 102 Å². The van der Waals surface area contributed by atoms with Crippen molar-refractivity contribution in [3.63, 3.8) is 0 Å². The fourth-order valence-corrected chi connectivity index (χ4v) is 1.71. The molecular formula is C13H3N5. The van der Waals surface area contributed by atoms with E-state index >= 15 is 0 Å². The summed E-state index contributed by atoms with van der Waals surface area (Å²) < 4.78 is 0. The topological polar surface area (TPSA) is 108 Å². The molecule has 0 aliphatic carbocycles. The number of aromatic nitrogens is 1. The van der Waals surface area contributed by atoms with Crippen molar-refractivity contribution in [1.29, 1.82) is 21.0 Å². The quantitative estimate of drug-likeness (QED) is 0.683. The van der Waals surface area contributed by atoms with Crippen LogP contribution in [0.15, 0.2) is 18.2 Å². The zero-order valence-electron chi connectivity index (χ0n) is 8.97. The van der Waals surface area contributed by atoms with Gasteiger partial charge in [0.2, 0.25) is 0 Å². The van der Waals surface area contributed by atoms with E-state index in [9.17, 15) is 0 Å². The second kappa shape index (κ2) is 4.22. The van der Waals surface area contributed by atoms with Gasteiger partial charge in [-0.1, -0.05) is 6.07 Å². The van der Waals surface area contributed by atoms with Crippen LogP contribution in [0, 0.1) is 45.3 Å². The molecule has 0 aliphatic rings. The highest BCUT2D eigenvalue weighted by Gasteiger charge is 2.16. The number of hydrogen-bond acceptors (Lipinski definition) is 5. The SMILES string of the molecule is N#Cc1nc2cccc(C#N)c2c(C#N)c1C#N. The van der Waals surface area contributed by atoms with Crippen molar-refractivity contribution in [3.8, 4) is 24.3 Å². The Morgan fingerprint density at radius 3 is 2.11 bits per heavy atom. The molecule has 2 aromatic rings. The molecule has 2 rings (SSSR count). The van der Waals surface area contributed by atoms with Crippen LogP contribution in [0.5, 0.6) is 0 Å². The van der Waals surface area contributed by atoms with E-state index < -0.39 is 0 Å². The minimum Gasteiger partial charge on any atom is -0.236 e. The van der Waals surface area contributed by atoms with Crippen LogP contribution >= 0.6 is 0 Å². The normalized spacial score (nSPS) is 8.89. The highest BCUT2D eigenvalue weighted by molar-refractivity contribution is 5.92. The minimum absolute atomic E-state index is 0.0243. The van der Waals surface area contributed by atoms with Crippen molar-refractivity contribution < 1.29 is 0 Å². The van der Waals surface area contributed by atoms with E-state index in [-0.39, 0.29) is 22.4 Å². The van der Waals surface area contributed by atoms with Crippen molar-refractivity contribution in [3.05, 3.63) is 40.6 Å². The molecular weight excluding hydrogens is 226 g/mol. The van der Waals surface area contributed by atoms with Gasteiger partial charge in [0.15, 0.2) is 5.69 Å². The maximum atomic E-state index is 9.14. The molecule has 0 N–H and O–H groups in total. The predicted molar refractivity (Wildman–Crippen MR) is 60.6 cm³/mol. The molecule has 0 bridgehead atoms. The van der Waals surface area contributed by atoms with Gasteiger partial charge in [0.25, 0.3) is 0 Å². The fraction of sp³-hybridized carbons (Fsp3) is 0. The molecule has 0 atom stereocenters. The van der Waals surface area contributed by atoms with Crippen LogP contribution in [0.2, 0.25) is 0 Å². The molecule has 1 heterocycles. The van der Waals surface area contributed by atoms with Crippen LogP contribution < -0.4 is 0 Å². The number of rotatable bonds is 0. The van der Waals surface area contributed by atoms with Crippen molar-refractivity contribution in [2.45, 2.75) is 0 Å². The van der Waals surface area contributed by atoms with Gasteiger partial charge in [-0.3, -0.25) is 0 Å². The number of benzene rings is 1. The molecule has 80 valence electrons. The Balaban J connectivity index is 3.13. The van der Waals surface area contributed by atoms with Crippen LogP contribution in [0.4, 0.5) is 0 Å². The number of nitrogens with zero attached hydrogens (tertiary/aromatic N) is 5. The van der Waals surface area contributed by atoms with E-state index in [1.54, 1.807) is 24.3 Å². The molecule has 1 aromatic carbocycles. The van der Waals surface area contributed by atoms with E-state index in [2.05, 4.69) is 4.98 Å². The molecule has 0 aliphatic heterocycles. The third kappa shape index (κ3) is 1.41. The third-order valence-corrected chi connectivity index (χ3v) is 2.46. The van der Waals surface area contributed by atoms with Gasteiger partial charge in [-0.15, -0.1) is 0 Å². The Kier molecular flexibility index (Phi) is 2.60. The lowest BCUT2D eigenvalue weighted by Gasteiger charge is -2.04. The molecule has 5 heteroatoms. The van der Waals surface area contributed by atoms with Gasteiger partial charge in [-0.25, -0.2) is 4.98 Å². The van der Waals surface area contributed by atoms with Gasteiger partial charge >= 0.3 is 0 Å². The zero-order valence-corrected chi connectivity index (χ0v) is 8.97. The van der Waals surface area contributed by atoms with Crippen LogP contribution in [-0.4, -0.2) is 4.98 Å². The number of nitriles is 4. The van der Waals surface area contributed by atoms with Crippen molar-refractivity contribution in [1.82, 2.24) is 4.98 Å². The molecule has 0 unspecified atom stereocenters. The summed E-state index contributed by atoms with van der Waals surface area (Å²) in [6, 6.07) is 12.1. The molecule has 0 saturated carbocycles. The Bertz CT molecular complexity index is 822. The van der Waals surface area contributed by atoms with Crippen LogP contribution in [0.25, 0.3) is 10.9 Å². The Morgan fingerprint density at radius 1 is 0.833 bits per heavy atom. The average Bonchev–Trinajstić information content (AvgIpc) is 2.43. The van der Waals surface area contributed by atoms with Gasteiger partial charge in [-0.05, 0) is 12.1 Å². The number of fused-ring (bicyclic) bond motifs is 1. The lowest BCUT2D eigenvalue weighted by atomic mass is 9.99. The molecule has 0 radical (unpaired) electrons. The summed E-state index contributed by atoms with van der Waals surface area (Å²) in [5.74, 6) is 0. The summed E-state index contributed by atoms with van der Waals surface area (Å²) in [5, 5.41) is 36.4. The first-order valence-corrected chi connectivity index (χ1v) is 4.84. The van der Waals surface area contributed by atoms with E-state index in [0.29, 0.717) is 10.9 Å². The van der Waals surface area contributed by atoms with E-state index in [1.807, 2.05) is 12.1 Å². The molecule has 18 heavy (non-hydrogen) atoms. The van der Waals surface area contributed by atoms with Gasteiger partial charge in [0.05, 0.1) is 22.7 Å². The molecule has 1 aromatic heterocycles. The predicted octanol–water partition coefficient (Wildman–Crippen LogP) is 1.72. The van der Waals surface area contributed by atoms with Gasteiger partial charge in [0.1, 0.15) is 23.8 Å². The molecule has 0 fully saturated rings.